The number of hydrogen-bond acceptors (Lipinski definition) is 2. The molecule has 2 N–H and O–H groups in total. The van der Waals surface area contributed by atoms with Gasteiger partial charge in [0.05, 0.1) is 0 Å². The summed E-state index contributed by atoms with van der Waals surface area (Å²) in [6.45, 7) is 14.0. The molecule has 14 heavy (non-hydrogen) atoms. The SMILES string of the molecule is C=C(C)CNC.CC.CCCCNC. The Morgan fingerprint density at radius 1 is 1.14 bits per heavy atom. The second kappa shape index (κ2) is 23.0. The van der Waals surface area contributed by atoms with Gasteiger partial charge in [0.25, 0.3) is 0 Å². The minimum Gasteiger partial charge on any atom is -0.320 e. The highest BCUT2D eigenvalue weighted by atomic mass is 14.8. The monoisotopic (exact) mass is 202 g/mol. The smallest absolute Gasteiger partial charge is 0.0156 e. The Morgan fingerprint density at radius 2 is 1.64 bits per heavy atom. The van der Waals surface area contributed by atoms with Gasteiger partial charge in [0.2, 0.25) is 0 Å². The maximum atomic E-state index is 3.68. The third-order valence-corrected chi connectivity index (χ3v) is 1.26. The van der Waals surface area contributed by atoms with Gasteiger partial charge in [0.15, 0.2) is 0 Å². The van der Waals surface area contributed by atoms with Crippen molar-refractivity contribution in [2.24, 2.45) is 0 Å². The molecule has 2 nitrogen and oxygen atoms in total. The van der Waals surface area contributed by atoms with E-state index in [1.165, 1.54) is 18.4 Å². The molecule has 0 spiro atoms. The van der Waals surface area contributed by atoms with E-state index in [0.717, 1.165) is 13.1 Å². The van der Waals surface area contributed by atoms with Crippen LogP contribution in [0.15, 0.2) is 12.2 Å². The van der Waals surface area contributed by atoms with Gasteiger partial charge in [-0.05, 0) is 34.0 Å². The van der Waals surface area contributed by atoms with Crippen LogP contribution in [0.5, 0.6) is 0 Å². The van der Waals surface area contributed by atoms with Gasteiger partial charge in [-0.2, -0.15) is 0 Å². The minimum absolute atomic E-state index is 0.931. The maximum Gasteiger partial charge on any atom is 0.0156 e. The lowest BCUT2D eigenvalue weighted by atomic mass is 10.3. The normalized spacial score (nSPS) is 7.86. The van der Waals surface area contributed by atoms with Crippen LogP contribution in [0, 0.1) is 0 Å². The summed E-state index contributed by atoms with van der Waals surface area (Å²) in [6.07, 6.45) is 2.59. The third-order valence-electron chi connectivity index (χ3n) is 1.26. The lowest BCUT2D eigenvalue weighted by Gasteiger charge is -1.90. The lowest BCUT2D eigenvalue weighted by Crippen LogP contribution is -2.07. The summed E-state index contributed by atoms with van der Waals surface area (Å²) in [5, 5.41) is 6.04. The molecule has 0 atom stereocenters. The zero-order chi connectivity index (χ0) is 11.8. The summed E-state index contributed by atoms with van der Waals surface area (Å²) in [6, 6.07) is 0. The molecule has 88 valence electrons. The molecule has 0 aliphatic carbocycles. The fourth-order valence-corrected chi connectivity index (χ4v) is 0.655. The second-order valence-corrected chi connectivity index (χ2v) is 2.94. The first-order valence-electron chi connectivity index (χ1n) is 5.62. The topological polar surface area (TPSA) is 24.1 Å². The molecule has 0 unspecified atom stereocenters. The Hall–Kier alpha value is -0.340. The first-order valence-corrected chi connectivity index (χ1v) is 5.62. The van der Waals surface area contributed by atoms with E-state index >= 15 is 0 Å². The quantitative estimate of drug-likeness (QED) is 0.529. The Labute approximate surface area is 91.2 Å². The van der Waals surface area contributed by atoms with Crippen LogP contribution in [0.2, 0.25) is 0 Å². The molecule has 0 bridgehead atoms. The van der Waals surface area contributed by atoms with Gasteiger partial charge in [0, 0.05) is 6.54 Å². The van der Waals surface area contributed by atoms with Crippen molar-refractivity contribution in [1.82, 2.24) is 10.6 Å². The van der Waals surface area contributed by atoms with Gasteiger partial charge < -0.3 is 10.6 Å². The number of likely N-dealkylation sites (N-methyl/N-ethyl adjacent to an activating group) is 1. The molecule has 0 radical (unpaired) electrons. The van der Waals surface area contributed by atoms with Gasteiger partial charge >= 0.3 is 0 Å². The summed E-state index contributed by atoms with van der Waals surface area (Å²) < 4.78 is 0. The van der Waals surface area contributed by atoms with Crippen LogP contribution in [-0.4, -0.2) is 27.2 Å². The Kier molecular flexibility index (Phi) is 31.6. The van der Waals surface area contributed by atoms with E-state index in [9.17, 15) is 0 Å². The van der Waals surface area contributed by atoms with Crippen molar-refractivity contribution in [2.75, 3.05) is 27.2 Å². The second-order valence-electron chi connectivity index (χ2n) is 2.94. The zero-order valence-corrected chi connectivity index (χ0v) is 11.0. The van der Waals surface area contributed by atoms with E-state index < -0.39 is 0 Å². The fourth-order valence-electron chi connectivity index (χ4n) is 0.655. The number of nitrogens with one attached hydrogen (secondary N) is 2. The lowest BCUT2D eigenvalue weighted by molar-refractivity contribution is 0.711. The predicted octanol–water partition coefficient (Wildman–Crippen LogP) is 2.81. The van der Waals surface area contributed by atoms with Crippen LogP contribution in [0.4, 0.5) is 0 Å². The van der Waals surface area contributed by atoms with Crippen LogP contribution in [0.3, 0.4) is 0 Å². The molecule has 0 aliphatic rings. The summed E-state index contributed by atoms with van der Waals surface area (Å²) in [4.78, 5) is 0. The molecule has 0 amide bonds. The molecule has 0 aliphatic heterocycles. The highest BCUT2D eigenvalue weighted by molar-refractivity contribution is 4.89. The van der Waals surface area contributed by atoms with Gasteiger partial charge in [-0.1, -0.05) is 39.3 Å². The van der Waals surface area contributed by atoms with Gasteiger partial charge in [-0.3, -0.25) is 0 Å². The Bertz CT molecular complexity index is 86.3. The average molecular weight is 202 g/mol. The van der Waals surface area contributed by atoms with Crippen LogP contribution < -0.4 is 10.6 Å². The van der Waals surface area contributed by atoms with E-state index in [0.29, 0.717) is 0 Å². The molecular formula is C12H30N2. The van der Waals surface area contributed by atoms with E-state index in [-0.39, 0.29) is 0 Å². The molecule has 0 aromatic rings. The molecule has 0 rings (SSSR count). The zero-order valence-electron chi connectivity index (χ0n) is 11.0. The number of hydrogen-bond donors (Lipinski definition) is 2. The third kappa shape index (κ3) is 41.4. The van der Waals surface area contributed by atoms with Crippen molar-refractivity contribution in [3.05, 3.63) is 12.2 Å². The van der Waals surface area contributed by atoms with Crippen molar-refractivity contribution in [3.63, 3.8) is 0 Å². The average Bonchev–Trinajstić information content (AvgIpc) is 2.18. The molecule has 0 fully saturated rings. The maximum absolute atomic E-state index is 3.68. The predicted molar refractivity (Wildman–Crippen MR) is 68.9 cm³/mol. The molecule has 2 heteroatoms. The van der Waals surface area contributed by atoms with Crippen molar-refractivity contribution in [1.29, 1.82) is 0 Å². The van der Waals surface area contributed by atoms with Crippen LogP contribution in [0.25, 0.3) is 0 Å². The Morgan fingerprint density at radius 3 is 1.71 bits per heavy atom. The number of unbranched alkanes of at least 4 members (excludes halogenated alkanes) is 1. The van der Waals surface area contributed by atoms with E-state index in [1.807, 2.05) is 34.9 Å². The summed E-state index contributed by atoms with van der Waals surface area (Å²) in [7, 11) is 3.89. The fraction of sp³-hybridized carbons (Fsp3) is 0.833. The van der Waals surface area contributed by atoms with Crippen LogP contribution in [-0.2, 0) is 0 Å². The molecule has 0 saturated heterocycles. The standard InChI is InChI=1S/C5H11N.C5H13N.C2H6/c1-5(2)4-6-3;1-3-4-5-6-2;1-2/h6H,1,4H2,2-3H3;6H,3-5H2,1-2H3;1-2H3. The van der Waals surface area contributed by atoms with Crippen LogP contribution >= 0.6 is 0 Å². The van der Waals surface area contributed by atoms with Crippen molar-refractivity contribution < 1.29 is 0 Å². The van der Waals surface area contributed by atoms with Crippen molar-refractivity contribution in [3.8, 4) is 0 Å². The van der Waals surface area contributed by atoms with Gasteiger partial charge in [-0.25, -0.2) is 0 Å². The van der Waals surface area contributed by atoms with E-state index in [4.69, 9.17) is 0 Å². The molecule has 0 aromatic heterocycles. The van der Waals surface area contributed by atoms with Gasteiger partial charge in [0.1, 0.15) is 0 Å². The largest absolute Gasteiger partial charge is 0.320 e. The minimum atomic E-state index is 0.931. The van der Waals surface area contributed by atoms with Gasteiger partial charge in [-0.15, -0.1) is 0 Å². The molecule has 0 aromatic carbocycles. The van der Waals surface area contributed by atoms with E-state index in [1.54, 1.807) is 0 Å². The first kappa shape index (κ1) is 19.3. The van der Waals surface area contributed by atoms with Crippen molar-refractivity contribution >= 4 is 0 Å². The summed E-state index contributed by atoms with van der Waals surface area (Å²) in [5.41, 5.74) is 1.18. The van der Waals surface area contributed by atoms with Crippen molar-refractivity contribution in [2.45, 2.75) is 40.5 Å². The summed E-state index contributed by atoms with van der Waals surface area (Å²) in [5.74, 6) is 0. The summed E-state index contributed by atoms with van der Waals surface area (Å²) >= 11 is 0. The van der Waals surface area contributed by atoms with E-state index in [2.05, 4.69) is 24.1 Å². The highest BCUT2D eigenvalue weighted by Gasteiger charge is 1.74. The first-order chi connectivity index (χ1) is 6.68. The molecular weight excluding hydrogens is 172 g/mol. The molecule has 0 heterocycles. The molecule has 0 saturated carbocycles. The Balaban J connectivity index is -0.000000147. The number of rotatable bonds is 5. The highest BCUT2D eigenvalue weighted by Crippen LogP contribution is 1.79. The van der Waals surface area contributed by atoms with Crippen LogP contribution in [0.1, 0.15) is 40.5 Å².